The summed E-state index contributed by atoms with van der Waals surface area (Å²) >= 11 is 1.40. The number of nitrogens with one attached hydrogen (secondary N) is 1. The van der Waals surface area contributed by atoms with Gasteiger partial charge in [-0.05, 0) is 67.9 Å². The number of nitrogens with two attached hydrogens (primary N) is 1. The monoisotopic (exact) mass is 447 g/mol. The Morgan fingerprint density at radius 3 is 2.43 bits per heavy atom. The fourth-order valence-corrected chi connectivity index (χ4v) is 6.68. The molecule has 30 heavy (non-hydrogen) atoms. The molecular weight excluding hydrogens is 422 g/mol. The van der Waals surface area contributed by atoms with Gasteiger partial charge in [-0.1, -0.05) is 6.92 Å². The number of sulfonamides is 1. The first-order chi connectivity index (χ1) is 14.2. The van der Waals surface area contributed by atoms with E-state index in [9.17, 15) is 18.0 Å². The fourth-order valence-electron chi connectivity index (χ4n) is 3.85. The molecular formula is C21H25N3O4S2. The van der Waals surface area contributed by atoms with E-state index in [0.717, 1.165) is 42.5 Å². The number of primary amides is 1. The van der Waals surface area contributed by atoms with Crippen LogP contribution in [0.4, 0.5) is 5.00 Å². The second-order valence-corrected chi connectivity index (χ2v) is 11.3. The molecule has 1 heterocycles. The average Bonchev–Trinajstić information content (AvgIpc) is 3.48. The summed E-state index contributed by atoms with van der Waals surface area (Å²) in [5.74, 6) is -0.408. The zero-order valence-electron chi connectivity index (χ0n) is 17.0. The molecule has 1 atom stereocenters. The SMILES string of the molecule is CC1CCc2c(sc(NC(=O)c3ccc(S(=O)(=O)N(C)C4CC4)cc3)c2C(N)=O)C1. The summed E-state index contributed by atoms with van der Waals surface area (Å²) in [6.07, 6.45) is 4.39. The molecule has 1 aromatic carbocycles. The second-order valence-electron chi connectivity index (χ2n) is 8.15. The number of carbonyl (C=O) groups is 2. The molecule has 2 aromatic rings. The number of hydrogen-bond donors (Lipinski definition) is 2. The van der Waals surface area contributed by atoms with Crippen LogP contribution in [0.15, 0.2) is 29.2 Å². The lowest BCUT2D eigenvalue weighted by atomic mass is 9.88. The summed E-state index contributed by atoms with van der Waals surface area (Å²) in [4.78, 5) is 26.1. The zero-order chi connectivity index (χ0) is 21.6. The maximum absolute atomic E-state index is 12.8. The minimum Gasteiger partial charge on any atom is -0.365 e. The Morgan fingerprint density at radius 1 is 1.17 bits per heavy atom. The third-order valence-electron chi connectivity index (χ3n) is 5.84. The Morgan fingerprint density at radius 2 is 1.83 bits per heavy atom. The van der Waals surface area contributed by atoms with E-state index >= 15 is 0 Å². The van der Waals surface area contributed by atoms with Crippen LogP contribution < -0.4 is 11.1 Å². The number of rotatable bonds is 6. The molecule has 0 radical (unpaired) electrons. The Kier molecular flexibility index (Phi) is 5.46. The molecule has 2 aliphatic carbocycles. The van der Waals surface area contributed by atoms with Gasteiger partial charge in [0.25, 0.3) is 11.8 Å². The van der Waals surface area contributed by atoms with Gasteiger partial charge < -0.3 is 11.1 Å². The summed E-state index contributed by atoms with van der Waals surface area (Å²) in [7, 11) is -1.98. The highest BCUT2D eigenvalue weighted by molar-refractivity contribution is 7.89. The van der Waals surface area contributed by atoms with E-state index in [1.165, 1.54) is 39.9 Å². The van der Waals surface area contributed by atoms with Crippen molar-refractivity contribution in [1.82, 2.24) is 4.31 Å². The van der Waals surface area contributed by atoms with E-state index in [1.54, 1.807) is 7.05 Å². The highest BCUT2D eigenvalue weighted by Crippen LogP contribution is 2.39. The van der Waals surface area contributed by atoms with Gasteiger partial charge in [-0.2, -0.15) is 4.31 Å². The topological polar surface area (TPSA) is 110 Å². The zero-order valence-corrected chi connectivity index (χ0v) is 18.6. The molecule has 0 bridgehead atoms. The van der Waals surface area contributed by atoms with Gasteiger partial charge in [0, 0.05) is 23.5 Å². The van der Waals surface area contributed by atoms with Gasteiger partial charge in [-0.15, -0.1) is 11.3 Å². The Balaban J connectivity index is 1.55. The lowest BCUT2D eigenvalue weighted by Crippen LogP contribution is -2.29. The lowest BCUT2D eigenvalue weighted by Gasteiger charge is -2.18. The van der Waals surface area contributed by atoms with Crippen LogP contribution >= 0.6 is 11.3 Å². The third kappa shape index (κ3) is 3.89. The van der Waals surface area contributed by atoms with Gasteiger partial charge in [0.05, 0.1) is 10.5 Å². The highest BCUT2D eigenvalue weighted by atomic mass is 32.2. The van der Waals surface area contributed by atoms with Crippen molar-refractivity contribution in [1.29, 1.82) is 0 Å². The number of benzene rings is 1. The molecule has 0 saturated heterocycles. The summed E-state index contributed by atoms with van der Waals surface area (Å²) in [5.41, 5.74) is 7.27. The predicted molar refractivity (Wildman–Crippen MR) is 116 cm³/mol. The molecule has 4 rings (SSSR count). The van der Waals surface area contributed by atoms with Crippen molar-refractivity contribution in [3.8, 4) is 0 Å². The van der Waals surface area contributed by atoms with Crippen molar-refractivity contribution < 1.29 is 18.0 Å². The number of amides is 2. The highest BCUT2D eigenvalue weighted by Gasteiger charge is 2.35. The first-order valence-electron chi connectivity index (χ1n) is 10.0. The number of thiophene rings is 1. The van der Waals surface area contributed by atoms with Crippen LogP contribution in [0.2, 0.25) is 0 Å². The van der Waals surface area contributed by atoms with Crippen molar-refractivity contribution in [3.05, 3.63) is 45.8 Å². The van der Waals surface area contributed by atoms with E-state index in [0.29, 0.717) is 22.0 Å². The van der Waals surface area contributed by atoms with Crippen molar-refractivity contribution >= 4 is 38.2 Å². The van der Waals surface area contributed by atoms with Crippen LogP contribution in [-0.4, -0.2) is 37.6 Å². The molecule has 3 N–H and O–H groups in total. The number of anilines is 1. The van der Waals surface area contributed by atoms with Crippen molar-refractivity contribution in [2.75, 3.05) is 12.4 Å². The molecule has 2 amide bonds. The maximum Gasteiger partial charge on any atom is 0.256 e. The Labute approximate surface area is 180 Å². The van der Waals surface area contributed by atoms with Crippen LogP contribution in [0.5, 0.6) is 0 Å². The molecule has 1 unspecified atom stereocenters. The maximum atomic E-state index is 12.8. The van der Waals surface area contributed by atoms with Crippen LogP contribution in [-0.2, 0) is 22.9 Å². The Hall–Kier alpha value is -2.23. The van der Waals surface area contributed by atoms with Crippen LogP contribution in [0, 0.1) is 5.92 Å². The van der Waals surface area contributed by atoms with Crippen LogP contribution in [0.1, 0.15) is 57.3 Å². The van der Waals surface area contributed by atoms with Gasteiger partial charge in [0.2, 0.25) is 10.0 Å². The smallest absolute Gasteiger partial charge is 0.256 e. The normalized spacial score (nSPS) is 18.8. The van der Waals surface area contributed by atoms with E-state index in [4.69, 9.17) is 5.73 Å². The third-order valence-corrected chi connectivity index (χ3v) is 8.93. The van der Waals surface area contributed by atoms with Crippen molar-refractivity contribution in [2.24, 2.45) is 11.7 Å². The summed E-state index contributed by atoms with van der Waals surface area (Å²) in [6, 6.07) is 5.93. The summed E-state index contributed by atoms with van der Waals surface area (Å²) in [5, 5.41) is 3.28. The number of hydrogen-bond acceptors (Lipinski definition) is 5. The van der Waals surface area contributed by atoms with Crippen molar-refractivity contribution in [3.63, 3.8) is 0 Å². The van der Waals surface area contributed by atoms with Crippen LogP contribution in [0.3, 0.4) is 0 Å². The van der Waals surface area contributed by atoms with Crippen LogP contribution in [0.25, 0.3) is 0 Å². The van der Waals surface area contributed by atoms with Gasteiger partial charge in [0.15, 0.2) is 0 Å². The fraction of sp³-hybridized carbons (Fsp3) is 0.429. The van der Waals surface area contributed by atoms with E-state index in [2.05, 4.69) is 12.2 Å². The molecule has 1 saturated carbocycles. The predicted octanol–water partition coefficient (Wildman–Crippen LogP) is 3.01. The first-order valence-corrected chi connectivity index (χ1v) is 12.3. The lowest BCUT2D eigenvalue weighted by molar-refractivity contribution is 0.1000. The second kappa shape index (κ2) is 7.79. The summed E-state index contributed by atoms with van der Waals surface area (Å²) in [6.45, 7) is 2.17. The summed E-state index contributed by atoms with van der Waals surface area (Å²) < 4.78 is 26.6. The standard InChI is InChI=1S/C21H25N3O4S2/c1-12-3-10-16-17(11-12)29-21(18(16)19(22)25)23-20(26)13-4-8-15(9-5-13)30(27,28)24(2)14-6-7-14/h4-5,8-9,12,14H,3,6-7,10-11H2,1-2H3,(H2,22,25)(H,23,26). The van der Waals surface area contributed by atoms with Gasteiger partial charge in [-0.3, -0.25) is 9.59 Å². The minimum atomic E-state index is -3.56. The number of nitrogens with zero attached hydrogens (tertiary/aromatic N) is 1. The largest absolute Gasteiger partial charge is 0.365 e. The number of fused-ring (bicyclic) bond motifs is 1. The molecule has 1 aromatic heterocycles. The quantitative estimate of drug-likeness (QED) is 0.709. The molecule has 9 heteroatoms. The van der Waals surface area contributed by atoms with Crippen molar-refractivity contribution in [2.45, 2.75) is 50.0 Å². The van der Waals surface area contributed by atoms with E-state index < -0.39 is 21.8 Å². The average molecular weight is 448 g/mol. The first kappa shape index (κ1) is 21.0. The Bertz CT molecular complexity index is 1100. The molecule has 0 aliphatic heterocycles. The molecule has 160 valence electrons. The molecule has 7 nitrogen and oxygen atoms in total. The molecule has 1 fully saturated rings. The molecule has 0 spiro atoms. The van der Waals surface area contributed by atoms with Gasteiger partial charge in [0.1, 0.15) is 5.00 Å². The van der Waals surface area contributed by atoms with Gasteiger partial charge >= 0.3 is 0 Å². The van der Waals surface area contributed by atoms with Gasteiger partial charge in [-0.25, -0.2) is 8.42 Å². The minimum absolute atomic E-state index is 0.0674. The number of carbonyl (C=O) groups excluding carboxylic acids is 2. The molecule has 2 aliphatic rings. The van der Waals surface area contributed by atoms with E-state index in [-0.39, 0.29) is 10.9 Å². The van der Waals surface area contributed by atoms with E-state index in [1.807, 2.05) is 0 Å².